The fourth-order valence-electron chi connectivity index (χ4n) is 3.99. The number of anilines is 1. The molecule has 180 valence electrons. The highest BCUT2D eigenvalue weighted by Gasteiger charge is 2.45. The highest BCUT2D eigenvalue weighted by molar-refractivity contribution is 6.10. The van der Waals surface area contributed by atoms with Crippen LogP contribution in [-0.4, -0.2) is 41.7 Å². The average Bonchev–Trinajstić information content (AvgIpc) is 2.96. The number of nitrogens with one attached hydrogen (secondary N) is 1. The molecule has 1 unspecified atom stereocenters. The number of benzene rings is 3. The normalized spacial score (nSPS) is 16.5. The number of carbonyl (C=O) groups is 3. The first-order chi connectivity index (χ1) is 16.8. The largest absolute Gasteiger partial charge is 0.478 e. The molecule has 2 atom stereocenters. The molecule has 1 aliphatic rings. The number of aliphatic carboxylic acids is 1. The van der Waals surface area contributed by atoms with E-state index in [1.54, 1.807) is 30.3 Å². The number of carboxylic acids is 1. The van der Waals surface area contributed by atoms with Crippen LogP contribution in [0.5, 0.6) is 0 Å². The molecule has 3 aromatic carbocycles. The third kappa shape index (κ3) is 4.93. The van der Waals surface area contributed by atoms with Gasteiger partial charge in [-0.2, -0.15) is 0 Å². The molecule has 0 bridgehead atoms. The Morgan fingerprint density at radius 2 is 1.63 bits per heavy atom. The summed E-state index contributed by atoms with van der Waals surface area (Å²) in [6.45, 7) is 1.40. The van der Waals surface area contributed by atoms with E-state index in [-0.39, 0.29) is 13.2 Å². The molecule has 0 radical (unpaired) electrons. The lowest BCUT2D eigenvalue weighted by Gasteiger charge is -2.27. The van der Waals surface area contributed by atoms with Crippen LogP contribution in [0.25, 0.3) is 11.1 Å². The molecule has 2 amide bonds. The van der Waals surface area contributed by atoms with Crippen LogP contribution in [0.4, 0.5) is 10.1 Å². The van der Waals surface area contributed by atoms with Gasteiger partial charge in [-0.15, -0.1) is 0 Å². The minimum absolute atomic E-state index is 0.175. The van der Waals surface area contributed by atoms with Crippen molar-refractivity contribution in [1.82, 2.24) is 5.32 Å². The first-order valence-electron chi connectivity index (χ1n) is 11.2. The standard InChI is InChI=1S/C27H25FN2O5/c1-27(28,26(33)34)25(32)29-23-21-13-6-5-11-19(21)20-12-7-8-14-22(20)30(24(23)31)15-16-35-17-18-9-3-2-4-10-18/h2-14,23H,15-17H2,1H3,(H,29,32)(H,33,34)/t23-,27?/m0/s1. The predicted octanol–water partition coefficient (Wildman–Crippen LogP) is 3.89. The fraction of sp³-hybridized carbons (Fsp3) is 0.222. The lowest BCUT2D eigenvalue weighted by molar-refractivity contribution is -0.157. The molecule has 0 saturated heterocycles. The van der Waals surface area contributed by atoms with Crippen LogP contribution in [0.3, 0.4) is 0 Å². The molecule has 7 nitrogen and oxygen atoms in total. The molecule has 0 aromatic heterocycles. The van der Waals surface area contributed by atoms with Crippen molar-refractivity contribution in [3.05, 3.63) is 90.0 Å². The SMILES string of the molecule is CC(F)(C(=O)O)C(=O)N[C@@H]1C(=O)N(CCOCc2ccccc2)c2ccccc2-c2ccccc21. The predicted molar refractivity (Wildman–Crippen MR) is 128 cm³/mol. The molecular formula is C27H25FN2O5. The highest BCUT2D eigenvalue weighted by Crippen LogP contribution is 2.40. The summed E-state index contributed by atoms with van der Waals surface area (Å²) in [5.74, 6) is -3.84. The summed E-state index contributed by atoms with van der Waals surface area (Å²) in [6, 6.07) is 22.6. The average molecular weight is 477 g/mol. The second-order valence-corrected chi connectivity index (χ2v) is 8.35. The molecule has 1 aliphatic heterocycles. The van der Waals surface area contributed by atoms with E-state index in [0.29, 0.717) is 30.3 Å². The monoisotopic (exact) mass is 476 g/mol. The van der Waals surface area contributed by atoms with Crippen LogP contribution in [0.1, 0.15) is 24.1 Å². The van der Waals surface area contributed by atoms with Crippen molar-refractivity contribution in [1.29, 1.82) is 0 Å². The van der Waals surface area contributed by atoms with E-state index in [4.69, 9.17) is 9.84 Å². The molecule has 0 spiro atoms. The van der Waals surface area contributed by atoms with Crippen molar-refractivity contribution in [3.63, 3.8) is 0 Å². The van der Waals surface area contributed by atoms with E-state index in [9.17, 15) is 18.8 Å². The minimum Gasteiger partial charge on any atom is -0.478 e. The van der Waals surface area contributed by atoms with E-state index in [2.05, 4.69) is 5.32 Å². The first-order valence-corrected chi connectivity index (χ1v) is 11.2. The summed E-state index contributed by atoms with van der Waals surface area (Å²) in [5.41, 5.74) is 0.308. The Bertz CT molecular complexity index is 1250. The number of carboxylic acid groups (broad SMARTS) is 1. The van der Waals surface area contributed by atoms with Crippen molar-refractivity contribution in [3.8, 4) is 11.1 Å². The number of alkyl halides is 1. The summed E-state index contributed by atoms with van der Waals surface area (Å²) in [7, 11) is 0. The second kappa shape index (κ2) is 10.1. The van der Waals surface area contributed by atoms with Gasteiger partial charge in [-0.1, -0.05) is 72.8 Å². The van der Waals surface area contributed by atoms with Gasteiger partial charge in [0.25, 0.3) is 17.5 Å². The fourth-order valence-corrected chi connectivity index (χ4v) is 3.99. The van der Waals surface area contributed by atoms with E-state index in [1.807, 2.05) is 48.5 Å². The summed E-state index contributed by atoms with van der Waals surface area (Å²) in [6.07, 6.45) is 0. The van der Waals surface area contributed by atoms with Crippen molar-refractivity contribution >= 4 is 23.5 Å². The summed E-state index contributed by atoms with van der Waals surface area (Å²) < 4.78 is 20.4. The molecule has 1 heterocycles. The Morgan fingerprint density at radius 3 is 2.34 bits per heavy atom. The number of fused-ring (bicyclic) bond motifs is 3. The van der Waals surface area contributed by atoms with E-state index in [0.717, 1.165) is 11.1 Å². The van der Waals surface area contributed by atoms with Crippen LogP contribution < -0.4 is 10.2 Å². The molecule has 8 heteroatoms. The maximum atomic E-state index is 14.6. The van der Waals surface area contributed by atoms with Crippen LogP contribution in [0.2, 0.25) is 0 Å². The molecular weight excluding hydrogens is 451 g/mol. The molecule has 0 aliphatic carbocycles. The Morgan fingerprint density at radius 1 is 1.00 bits per heavy atom. The Balaban J connectivity index is 1.65. The number of ether oxygens (including phenoxy) is 1. The van der Waals surface area contributed by atoms with Gasteiger partial charge in [0.1, 0.15) is 6.04 Å². The van der Waals surface area contributed by atoms with Crippen LogP contribution >= 0.6 is 0 Å². The van der Waals surface area contributed by atoms with Gasteiger partial charge in [0, 0.05) is 12.1 Å². The summed E-state index contributed by atoms with van der Waals surface area (Å²) in [5, 5.41) is 11.5. The van der Waals surface area contributed by atoms with Crippen LogP contribution in [0, 0.1) is 0 Å². The zero-order valence-corrected chi connectivity index (χ0v) is 19.1. The van der Waals surface area contributed by atoms with Gasteiger partial charge in [-0.3, -0.25) is 9.59 Å². The van der Waals surface area contributed by atoms with Crippen LogP contribution in [-0.2, 0) is 25.7 Å². The quantitative estimate of drug-likeness (QED) is 0.380. The number of hydrogen-bond donors (Lipinski definition) is 2. The maximum absolute atomic E-state index is 14.6. The van der Waals surface area contributed by atoms with Gasteiger partial charge in [-0.25, -0.2) is 9.18 Å². The lowest BCUT2D eigenvalue weighted by atomic mass is 9.95. The minimum atomic E-state index is -3.20. The lowest BCUT2D eigenvalue weighted by Crippen LogP contribution is -2.51. The number of carbonyl (C=O) groups excluding carboxylic acids is 2. The number of amides is 2. The number of nitrogens with zero attached hydrogens (tertiary/aromatic N) is 1. The highest BCUT2D eigenvalue weighted by atomic mass is 19.1. The molecule has 35 heavy (non-hydrogen) atoms. The van der Waals surface area contributed by atoms with Crippen molar-refractivity contribution in [2.24, 2.45) is 0 Å². The van der Waals surface area contributed by atoms with Crippen molar-refractivity contribution < 1.29 is 28.6 Å². The van der Waals surface area contributed by atoms with E-state index < -0.39 is 29.5 Å². The second-order valence-electron chi connectivity index (χ2n) is 8.35. The number of halogens is 1. The van der Waals surface area contributed by atoms with E-state index in [1.165, 1.54) is 4.90 Å². The molecule has 3 aromatic rings. The van der Waals surface area contributed by atoms with Crippen molar-refractivity contribution in [2.45, 2.75) is 25.2 Å². The zero-order chi connectivity index (χ0) is 25.0. The zero-order valence-electron chi connectivity index (χ0n) is 19.1. The van der Waals surface area contributed by atoms with Gasteiger partial charge >= 0.3 is 5.97 Å². The molecule has 2 N–H and O–H groups in total. The number of hydrogen-bond acceptors (Lipinski definition) is 4. The van der Waals surface area contributed by atoms with Gasteiger partial charge in [0.05, 0.1) is 18.9 Å². The molecule has 4 rings (SSSR count). The smallest absolute Gasteiger partial charge is 0.351 e. The van der Waals surface area contributed by atoms with Gasteiger partial charge in [0.2, 0.25) is 0 Å². The van der Waals surface area contributed by atoms with Crippen molar-refractivity contribution in [2.75, 3.05) is 18.1 Å². The third-order valence-electron chi connectivity index (χ3n) is 5.94. The van der Waals surface area contributed by atoms with Crippen LogP contribution in [0.15, 0.2) is 78.9 Å². The number of rotatable bonds is 8. The van der Waals surface area contributed by atoms with Gasteiger partial charge in [-0.05, 0) is 29.7 Å². The topological polar surface area (TPSA) is 95.9 Å². The third-order valence-corrected chi connectivity index (χ3v) is 5.94. The molecule has 0 fully saturated rings. The first kappa shape index (κ1) is 24.1. The van der Waals surface area contributed by atoms with E-state index >= 15 is 0 Å². The summed E-state index contributed by atoms with van der Waals surface area (Å²) >= 11 is 0. The summed E-state index contributed by atoms with van der Waals surface area (Å²) in [4.78, 5) is 39.1. The Labute approximate surface area is 202 Å². The van der Waals surface area contributed by atoms with Gasteiger partial charge < -0.3 is 20.1 Å². The maximum Gasteiger partial charge on any atom is 0.351 e. The Hall–Kier alpha value is -4.04. The molecule has 0 saturated carbocycles. The Kier molecular flexibility index (Phi) is 6.93. The van der Waals surface area contributed by atoms with Gasteiger partial charge in [0.15, 0.2) is 0 Å². The number of para-hydroxylation sites is 1.